The SMILES string of the molecule is CC(C)C[C@H](NC(=O)[C@H](Cc1cnc[nH]1)NC(=O)CNC(=O)[C@@H](NC(=O)[C@H](C)NC(=O)[C@H](Cc1c[nH]c2ccccc12)NC(=O)[C@H](CCC(N)=O)NC(=O)[C@H](N)Cc1ccccc1)C(C)C)C(=O)N[C@H](CC(N)=O)Cc1ccccc1. The zero-order valence-corrected chi connectivity index (χ0v) is 46.2. The Morgan fingerprint density at radius 3 is 1.75 bits per heavy atom. The van der Waals surface area contributed by atoms with Gasteiger partial charge in [0.2, 0.25) is 59.1 Å². The summed E-state index contributed by atoms with van der Waals surface area (Å²) in [5.74, 6) is -7.95. The number of fused-ring (bicyclic) bond motifs is 1. The average molecular weight is 1120 g/mol. The molecule has 2 aromatic heterocycles. The Balaban J connectivity index is 1.24. The number of primary amides is 2. The van der Waals surface area contributed by atoms with E-state index in [0.717, 1.165) is 22.0 Å². The molecule has 8 atom stereocenters. The predicted molar refractivity (Wildman–Crippen MR) is 301 cm³/mol. The molecular formula is C57H76N14O10. The fourth-order valence-electron chi connectivity index (χ4n) is 8.93. The molecule has 434 valence electrons. The number of rotatable bonds is 32. The van der Waals surface area contributed by atoms with Gasteiger partial charge in [0, 0.05) is 60.7 Å². The standard InChI is InChI=1S/C57H76N14O10/c1-32(2)22-44(55(79)66-38(27-48(60)73)23-35-14-8-6-9-15-35)69-56(80)46(26-39-29-61-31-64-39)67-49(74)30-63-57(81)50(33(3)4)71-51(75)34(5)65-54(78)45(25-37-28-62-42-19-13-12-18-40(37)42)70-53(77)43(20-21-47(59)72)68-52(76)41(58)24-36-16-10-7-11-17-36/h6-19,28-29,31-34,38,41,43-46,50,62H,20-27,30,58H2,1-5H3,(H2,59,72)(H2,60,73)(H,61,64)(H,63,81)(H,65,78)(H,66,79)(H,67,74)(H,68,76)(H,69,80)(H,70,77)(H,71,75)/t34-,38-,41+,43-,44-,45-,46-,50-/m0/s1. The maximum Gasteiger partial charge on any atom is 0.243 e. The third-order valence-electron chi connectivity index (χ3n) is 13.2. The summed E-state index contributed by atoms with van der Waals surface area (Å²) >= 11 is 0. The van der Waals surface area contributed by atoms with E-state index in [2.05, 4.69) is 57.5 Å². The minimum atomic E-state index is -1.36. The van der Waals surface area contributed by atoms with E-state index in [4.69, 9.17) is 17.2 Å². The topological polar surface area (TPSA) is 389 Å². The molecule has 0 aliphatic heterocycles. The van der Waals surface area contributed by atoms with Gasteiger partial charge in [-0.2, -0.15) is 0 Å². The first-order chi connectivity index (χ1) is 38.6. The van der Waals surface area contributed by atoms with E-state index in [1.54, 1.807) is 50.4 Å². The lowest BCUT2D eigenvalue weighted by Crippen LogP contribution is -2.59. The summed E-state index contributed by atoms with van der Waals surface area (Å²) in [6, 6.07) is 16.1. The number of carbonyl (C=O) groups is 10. The number of benzene rings is 3. The molecule has 0 bridgehead atoms. The summed E-state index contributed by atoms with van der Waals surface area (Å²) < 4.78 is 0. The van der Waals surface area contributed by atoms with Gasteiger partial charge in [0.25, 0.3) is 0 Å². The van der Waals surface area contributed by atoms with Crippen LogP contribution in [0, 0.1) is 11.8 Å². The van der Waals surface area contributed by atoms with Crippen LogP contribution in [0.1, 0.15) is 82.7 Å². The van der Waals surface area contributed by atoms with Crippen molar-refractivity contribution in [2.75, 3.05) is 6.54 Å². The number of nitrogens with zero attached hydrogens (tertiary/aromatic N) is 1. The lowest BCUT2D eigenvalue weighted by atomic mass is 9.99. The molecule has 24 nitrogen and oxygen atoms in total. The fraction of sp³-hybridized carbons (Fsp3) is 0.421. The van der Waals surface area contributed by atoms with Crippen LogP contribution in [0.5, 0.6) is 0 Å². The number of carbonyl (C=O) groups excluding carboxylic acids is 10. The number of hydrogen-bond donors (Lipinski definition) is 13. The Morgan fingerprint density at radius 1 is 0.556 bits per heavy atom. The maximum absolute atomic E-state index is 14.2. The number of para-hydroxylation sites is 1. The number of aromatic nitrogens is 3. The molecule has 3 aromatic carbocycles. The van der Waals surface area contributed by atoms with Gasteiger partial charge in [-0.25, -0.2) is 4.98 Å². The van der Waals surface area contributed by atoms with E-state index in [9.17, 15) is 47.9 Å². The van der Waals surface area contributed by atoms with Crippen molar-refractivity contribution in [1.82, 2.24) is 57.5 Å². The Hall–Kier alpha value is -8.93. The van der Waals surface area contributed by atoms with Crippen LogP contribution >= 0.6 is 0 Å². The molecule has 5 aromatic rings. The van der Waals surface area contributed by atoms with Crippen LogP contribution in [-0.4, -0.2) is 129 Å². The van der Waals surface area contributed by atoms with E-state index < -0.39 is 120 Å². The van der Waals surface area contributed by atoms with Gasteiger partial charge in [0.1, 0.15) is 36.3 Å². The second-order valence-corrected chi connectivity index (χ2v) is 20.8. The minimum Gasteiger partial charge on any atom is -0.370 e. The lowest BCUT2D eigenvalue weighted by Gasteiger charge is -2.27. The number of hydrogen-bond acceptors (Lipinski definition) is 12. The molecule has 0 spiro atoms. The number of nitrogens with one attached hydrogen (secondary N) is 10. The quantitative estimate of drug-likeness (QED) is 0.0268. The molecule has 0 fully saturated rings. The van der Waals surface area contributed by atoms with Gasteiger partial charge in [-0.15, -0.1) is 0 Å². The molecule has 81 heavy (non-hydrogen) atoms. The number of H-pyrrole nitrogens is 2. The summed E-state index contributed by atoms with van der Waals surface area (Å²) in [6.07, 6.45) is 4.33. The molecule has 2 heterocycles. The highest BCUT2D eigenvalue weighted by Crippen LogP contribution is 2.20. The Labute approximate surface area is 469 Å². The zero-order valence-electron chi connectivity index (χ0n) is 46.2. The molecule has 0 saturated carbocycles. The van der Waals surface area contributed by atoms with Crippen LogP contribution in [-0.2, 0) is 73.6 Å². The van der Waals surface area contributed by atoms with Gasteiger partial charge in [-0.05, 0) is 67.2 Å². The van der Waals surface area contributed by atoms with Gasteiger partial charge < -0.3 is 69.7 Å². The van der Waals surface area contributed by atoms with Crippen LogP contribution < -0.4 is 59.7 Å². The molecule has 10 amide bonds. The van der Waals surface area contributed by atoms with Crippen molar-refractivity contribution in [1.29, 1.82) is 0 Å². The van der Waals surface area contributed by atoms with Crippen molar-refractivity contribution in [2.24, 2.45) is 29.0 Å². The minimum absolute atomic E-state index is 0.0761. The van der Waals surface area contributed by atoms with Crippen LogP contribution in [0.2, 0.25) is 0 Å². The number of nitrogens with two attached hydrogens (primary N) is 3. The van der Waals surface area contributed by atoms with Gasteiger partial charge in [-0.1, -0.05) is 107 Å². The Bertz CT molecular complexity index is 2930. The predicted octanol–water partition coefficient (Wildman–Crippen LogP) is -0.138. The molecule has 5 rings (SSSR count). The van der Waals surface area contributed by atoms with E-state index in [1.165, 1.54) is 19.4 Å². The molecule has 0 radical (unpaired) electrons. The zero-order chi connectivity index (χ0) is 59.2. The van der Waals surface area contributed by atoms with Crippen LogP contribution in [0.15, 0.2) is 104 Å². The second-order valence-electron chi connectivity index (χ2n) is 20.8. The highest BCUT2D eigenvalue weighted by molar-refractivity contribution is 5.98. The van der Waals surface area contributed by atoms with E-state index in [0.29, 0.717) is 17.7 Å². The van der Waals surface area contributed by atoms with E-state index in [-0.39, 0.29) is 50.9 Å². The van der Waals surface area contributed by atoms with Crippen molar-refractivity contribution in [2.45, 2.75) is 134 Å². The highest BCUT2D eigenvalue weighted by Gasteiger charge is 2.34. The Kier molecular flexibility index (Phi) is 24.1. The van der Waals surface area contributed by atoms with Crippen molar-refractivity contribution in [3.63, 3.8) is 0 Å². The van der Waals surface area contributed by atoms with Gasteiger partial charge >= 0.3 is 0 Å². The smallest absolute Gasteiger partial charge is 0.243 e. The highest BCUT2D eigenvalue weighted by atomic mass is 16.2. The maximum atomic E-state index is 14.2. The van der Waals surface area contributed by atoms with Crippen LogP contribution in [0.4, 0.5) is 0 Å². The Morgan fingerprint density at radius 2 is 1.14 bits per heavy atom. The van der Waals surface area contributed by atoms with Crippen LogP contribution in [0.3, 0.4) is 0 Å². The number of imidazole rings is 1. The summed E-state index contributed by atoms with van der Waals surface area (Å²) in [7, 11) is 0. The first-order valence-corrected chi connectivity index (χ1v) is 26.9. The monoisotopic (exact) mass is 1120 g/mol. The normalized spacial score (nSPS) is 14.2. The first kappa shape index (κ1) is 62.9. The molecule has 0 aliphatic rings. The second kappa shape index (κ2) is 31.0. The average Bonchev–Trinajstić information content (AvgIpc) is 4.10. The molecule has 0 aliphatic carbocycles. The molecular weight excluding hydrogens is 1040 g/mol. The molecule has 24 heteroatoms. The summed E-state index contributed by atoms with van der Waals surface area (Å²) in [5.41, 5.74) is 20.7. The summed E-state index contributed by atoms with van der Waals surface area (Å²) in [6.45, 7) is 7.75. The van der Waals surface area contributed by atoms with E-state index in [1.807, 2.05) is 68.4 Å². The van der Waals surface area contributed by atoms with Crippen molar-refractivity contribution >= 4 is 70.0 Å². The van der Waals surface area contributed by atoms with Gasteiger partial charge in [-0.3, -0.25) is 47.9 Å². The number of amides is 10. The van der Waals surface area contributed by atoms with Crippen LogP contribution in [0.25, 0.3) is 10.9 Å². The lowest BCUT2D eigenvalue weighted by molar-refractivity contribution is -0.135. The molecule has 0 saturated heterocycles. The molecule has 0 unspecified atom stereocenters. The van der Waals surface area contributed by atoms with Gasteiger partial charge in [0.15, 0.2) is 0 Å². The van der Waals surface area contributed by atoms with E-state index >= 15 is 0 Å². The van der Waals surface area contributed by atoms with Crippen molar-refractivity contribution < 1.29 is 47.9 Å². The van der Waals surface area contributed by atoms with Gasteiger partial charge in [0.05, 0.1) is 18.9 Å². The fourth-order valence-corrected chi connectivity index (χ4v) is 8.93. The largest absolute Gasteiger partial charge is 0.370 e. The third-order valence-corrected chi connectivity index (χ3v) is 13.2. The summed E-state index contributed by atoms with van der Waals surface area (Å²) in [5, 5.41) is 22.1. The molecule has 16 N–H and O–H groups in total. The summed E-state index contributed by atoms with van der Waals surface area (Å²) in [4.78, 5) is 145. The van der Waals surface area contributed by atoms with Crippen molar-refractivity contribution in [3.8, 4) is 0 Å². The first-order valence-electron chi connectivity index (χ1n) is 26.9. The number of aromatic amines is 2. The van der Waals surface area contributed by atoms with Crippen molar-refractivity contribution in [3.05, 3.63) is 126 Å². The third kappa shape index (κ3) is 20.7.